The normalized spacial score (nSPS) is 26.7. The molecule has 29 heavy (non-hydrogen) atoms. The molecule has 144 valence electrons. The highest BCUT2D eigenvalue weighted by molar-refractivity contribution is 6.06. The Morgan fingerprint density at radius 1 is 0.897 bits per heavy atom. The van der Waals surface area contributed by atoms with Crippen molar-refractivity contribution in [3.63, 3.8) is 0 Å². The molecule has 3 aliphatic heterocycles. The highest BCUT2D eigenvalue weighted by Gasteiger charge is 2.60. The van der Waals surface area contributed by atoms with E-state index in [1.807, 2.05) is 48.6 Å². The number of rotatable bonds is 5. The number of carbonyl (C=O) groups excluding carboxylic acids is 2. The molecule has 2 fully saturated rings. The smallest absolute Gasteiger partial charge is 0.236 e. The molecule has 0 spiro atoms. The number of carbonyl (C=O) groups is 2. The van der Waals surface area contributed by atoms with Crippen LogP contribution in [-0.4, -0.2) is 42.1 Å². The quantitative estimate of drug-likeness (QED) is 0.583. The van der Waals surface area contributed by atoms with E-state index in [1.165, 1.54) is 4.90 Å². The Bertz CT molecular complexity index is 1010. The number of benzene rings is 2. The van der Waals surface area contributed by atoms with Crippen molar-refractivity contribution >= 4 is 11.8 Å². The number of hydrogen-bond acceptors (Lipinski definition) is 5. The molecule has 2 bridgehead atoms. The van der Waals surface area contributed by atoms with Gasteiger partial charge in [-0.25, -0.2) is 0 Å². The molecule has 0 radical (unpaired) electrons. The van der Waals surface area contributed by atoms with Crippen molar-refractivity contribution in [3.05, 3.63) is 66.2 Å². The summed E-state index contributed by atoms with van der Waals surface area (Å²) in [5.41, 5.74) is 2.66. The Kier molecular flexibility index (Phi) is 4.18. The standard InChI is InChI=1S/C23H18N2O4/c24-13-14-1-3-15(4-2-14)16-5-7-17(8-6-16)28-12-11-25-22(26)20-18-9-10-19(29-18)21(20)23(25)27/h1-10,18-21H,11-12H2. The molecule has 6 nitrogen and oxygen atoms in total. The zero-order valence-electron chi connectivity index (χ0n) is 15.5. The van der Waals surface area contributed by atoms with Crippen LogP contribution in [0, 0.1) is 23.2 Å². The molecule has 2 aromatic rings. The lowest BCUT2D eigenvalue weighted by atomic mass is 9.85. The minimum Gasteiger partial charge on any atom is -0.492 e. The first-order valence-electron chi connectivity index (χ1n) is 9.58. The summed E-state index contributed by atoms with van der Waals surface area (Å²) in [6.07, 6.45) is 3.24. The second-order valence-electron chi connectivity index (χ2n) is 7.39. The summed E-state index contributed by atoms with van der Waals surface area (Å²) in [4.78, 5) is 26.5. The fourth-order valence-electron chi connectivity index (χ4n) is 4.32. The van der Waals surface area contributed by atoms with E-state index < -0.39 is 0 Å². The summed E-state index contributed by atoms with van der Waals surface area (Å²) in [7, 11) is 0. The van der Waals surface area contributed by atoms with Crippen molar-refractivity contribution in [1.82, 2.24) is 4.90 Å². The van der Waals surface area contributed by atoms with Gasteiger partial charge in [-0.3, -0.25) is 14.5 Å². The lowest BCUT2D eigenvalue weighted by Crippen LogP contribution is -2.37. The van der Waals surface area contributed by atoms with Gasteiger partial charge in [-0.05, 0) is 35.4 Å². The van der Waals surface area contributed by atoms with Crippen LogP contribution >= 0.6 is 0 Å². The first-order valence-corrected chi connectivity index (χ1v) is 9.58. The molecule has 5 rings (SSSR count). The van der Waals surface area contributed by atoms with E-state index in [0.29, 0.717) is 11.3 Å². The molecule has 0 N–H and O–H groups in total. The van der Waals surface area contributed by atoms with Gasteiger partial charge in [0, 0.05) is 0 Å². The van der Waals surface area contributed by atoms with E-state index in [-0.39, 0.29) is 49.0 Å². The number of amides is 2. The monoisotopic (exact) mass is 386 g/mol. The number of ether oxygens (including phenoxy) is 2. The summed E-state index contributed by atoms with van der Waals surface area (Å²) in [6, 6.07) is 17.1. The highest BCUT2D eigenvalue weighted by atomic mass is 16.5. The van der Waals surface area contributed by atoms with Gasteiger partial charge in [-0.15, -0.1) is 0 Å². The molecular formula is C23H18N2O4. The van der Waals surface area contributed by atoms with E-state index >= 15 is 0 Å². The molecule has 3 heterocycles. The fourth-order valence-corrected chi connectivity index (χ4v) is 4.32. The number of nitrogens with zero attached hydrogens (tertiary/aromatic N) is 2. The zero-order valence-corrected chi connectivity index (χ0v) is 15.5. The molecule has 4 atom stereocenters. The van der Waals surface area contributed by atoms with Gasteiger partial charge < -0.3 is 9.47 Å². The summed E-state index contributed by atoms with van der Waals surface area (Å²) in [6.45, 7) is 0.484. The first kappa shape index (κ1) is 17.7. The van der Waals surface area contributed by atoms with Gasteiger partial charge in [0.1, 0.15) is 12.4 Å². The van der Waals surface area contributed by atoms with Gasteiger partial charge in [0.15, 0.2) is 0 Å². The largest absolute Gasteiger partial charge is 0.492 e. The molecule has 2 aromatic carbocycles. The first-order chi connectivity index (χ1) is 14.2. The molecule has 0 aromatic heterocycles. The van der Waals surface area contributed by atoms with Gasteiger partial charge >= 0.3 is 0 Å². The van der Waals surface area contributed by atoms with E-state index in [9.17, 15) is 9.59 Å². The van der Waals surface area contributed by atoms with Crippen LogP contribution in [0.2, 0.25) is 0 Å². The molecule has 2 amide bonds. The Morgan fingerprint density at radius 2 is 1.45 bits per heavy atom. The van der Waals surface area contributed by atoms with Gasteiger partial charge in [-0.1, -0.05) is 36.4 Å². The third kappa shape index (κ3) is 2.91. The zero-order chi connectivity index (χ0) is 20.0. The van der Waals surface area contributed by atoms with Crippen LogP contribution in [0.1, 0.15) is 5.56 Å². The second-order valence-corrected chi connectivity index (χ2v) is 7.39. The minimum absolute atomic E-state index is 0.156. The summed E-state index contributed by atoms with van der Waals surface area (Å²) in [5, 5.41) is 8.88. The van der Waals surface area contributed by atoms with Crippen LogP contribution in [0.3, 0.4) is 0 Å². The van der Waals surface area contributed by atoms with Crippen molar-refractivity contribution < 1.29 is 19.1 Å². The van der Waals surface area contributed by atoms with Gasteiger partial charge in [-0.2, -0.15) is 5.26 Å². The summed E-state index contributed by atoms with van der Waals surface area (Å²) in [5.74, 6) is -0.381. The van der Waals surface area contributed by atoms with Crippen LogP contribution in [-0.2, 0) is 14.3 Å². The van der Waals surface area contributed by atoms with Crippen LogP contribution in [0.15, 0.2) is 60.7 Å². The van der Waals surface area contributed by atoms with Crippen molar-refractivity contribution in [3.8, 4) is 22.9 Å². The Hall–Kier alpha value is -3.43. The Morgan fingerprint density at radius 3 is 2.00 bits per heavy atom. The second kappa shape index (κ2) is 6.87. The average Bonchev–Trinajstić information content (AvgIpc) is 3.44. The third-order valence-corrected chi connectivity index (χ3v) is 5.79. The van der Waals surface area contributed by atoms with Crippen molar-refractivity contribution in [2.75, 3.05) is 13.2 Å². The average molecular weight is 386 g/mol. The van der Waals surface area contributed by atoms with Crippen LogP contribution in [0.25, 0.3) is 11.1 Å². The minimum atomic E-state index is -0.371. The van der Waals surface area contributed by atoms with Crippen LogP contribution in [0.4, 0.5) is 0 Å². The molecule has 4 unspecified atom stereocenters. The summed E-state index contributed by atoms with van der Waals surface area (Å²) >= 11 is 0. The van der Waals surface area contributed by atoms with Crippen molar-refractivity contribution in [2.24, 2.45) is 11.8 Å². The van der Waals surface area contributed by atoms with Crippen LogP contribution in [0.5, 0.6) is 5.75 Å². The molecular weight excluding hydrogens is 368 g/mol. The van der Waals surface area contributed by atoms with Gasteiger partial charge in [0.05, 0.1) is 42.2 Å². The number of nitriles is 1. The lowest BCUT2D eigenvalue weighted by molar-refractivity contribution is -0.142. The maximum atomic E-state index is 12.6. The van der Waals surface area contributed by atoms with E-state index in [4.69, 9.17) is 14.7 Å². The van der Waals surface area contributed by atoms with Crippen molar-refractivity contribution in [2.45, 2.75) is 12.2 Å². The van der Waals surface area contributed by atoms with Gasteiger partial charge in [0.2, 0.25) is 11.8 Å². The number of hydrogen-bond donors (Lipinski definition) is 0. The number of likely N-dealkylation sites (tertiary alicyclic amines) is 1. The predicted molar refractivity (Wildman–Crippen MR) is 104 cm³/mol. The van der Waals surface area contributed by atoms with Crippen LogP contribution < -0.4 is 4.74 Å². The Labute approximate surface area is 167 Å². The van der Waals surface area contributed by atoms with E-state index in [1.54, 1.807) is 12.1 Å². The SMILES string of the molecule is N#Cc1ccc(-c2ccc(OCCN3C(=O)C4C5C=CC(O5)C4C3=O)cc2)cc1. The lowest BCUT2D eigenvalue weighted by Gasteiger charge is -2.17. The maximum absolute atomic E-state index is 12.6. The molecule has 6 heteroatoms. The highest BCUT2D eigenvalue weighted by Crippen LogP contribution is 2.44. The molecule has 0 aliphatic carbocycles. The molecule has 2 saturated heterocycles. The van der Waals surface area contributed by atoms with E-state index in [2.05, 4.69) is 6.07 Å². The van der Waals surface area contributed by atoms with Gasteiger partial charge in [0.25, 0.3) is 0 Å². The Balaban J connectivity index is 1.19. The predicted octanol–water partition coefficient (Wildman–Crippen LogP) is 2.54. The summed E-state index contributed by atoms with van der Waals surface area (Å²) < 4.78 is 11.4. The van der Waals surface area contributed by atoms with E-state index in [0.717, 1.165) is 11.1 Å². The van der Waals surface area contributed by atoms with Crippen molar-refractivity contribution in [1.29, 1.82) is 5.26 Å². The number of imide groups is 1. The maximum Gasteiger partial charge on any atom is 0.236 e. The topological polar surface area (TPSA) is 79.6 Å². The third-order valence-electron chi connectivity index (χ3n) is 5.79. The fraction of sp³-hybridized carbons (Fsp3) is 0.261. The molecule has 3 aliphatic rings. The number of fused-ring (bicyclic) bond motifs is 5. The molecule has 0 saturated carbocycles.